The predicted octanol–water partition coefficient (Wildman–Crippen LogP) is 5.22. The number of hydrogen-bond donors (Lipinski definition) is 1. The molecule has 1 heterocycles. The Bertz CT molecular complexity index is 598. The first-order valence-electron chi connectivity index (χ1n) is 7.16. The average molecular weight is 337 g/mol. The zero-order chi connectivity index (χ0) is 14.9. The van der Waals surface area contributed by atoms with Crippen LogP contribution in [0.25, 0.3) is 0 Å². The molecule has 2 aliphatic rings. The van der Waals surface area contributed by atoms with E-state index in [1.807, 2.05) is 36.0 Å². The molecule has 1 spiro atoms. The second-order valence-electron chi connectivity index (χ2n) is 5.51. The number of nitrogens with zero attached hydrogens (tertiary/aromatic N) is 1. The summed E-state index contributed by atoms with van der Waals surface area (Å²) in [6, 6.07) is 10.1. The third-order valence-electron chi connectivity index (χ3n) is 4.06. The standard InChI is InChI=1S/C16H17ClN2S2/c17-12-6-4-11(5-7-12)14-13(10-18)15(19)21-16(20-14)8-2-1-3-9-16/h4-7,14H,1-3,8-9,19H2. The summed E-state index contributed by atoms with van der Waals surface area (Å²) in [6.07, 6.45) is 6.16. The normalized spacial score (nSPS) is 24.9. The molecule has 2 nitrogen and oxygen atoms in total. The number of thioether (sulfide) groups is 2. The highest BCUT2D eigenvalue weighted by Gasteiger charge is 2.42. The molecular weight excluding hydrogens is 320 g/mol. The molecule has 3 rings (SSSR count). The lowest BCUT2D eigenvalue weighted by molar-refractivity contribution is 0.489. The fraction of sp³-hybridized carbons (Fsp3) is 0.438. The van der Waals surface area contributed by atoms with Crippen LogP contribution >= 0.6 is 35.1 Å². The molecule has 0 saturated heterocycles. The van der Waals surface area contributed by atoms with Crippen LogP contribution in [0.5, 0.6) is 0 Å². The van der Waals surface area contributed by atoms with Crippen molar-refractivity contribution in [1.82, 2.24) is 0 Å². The van der Waals surface area contributed by atoms with Crippen molar-refractivity contribution in [1.29, 1.82) is 5.26 Å². The maximum absolute atomic E-state index is 9.49. The third kappa shape index (κ3) is 3.06. The Balaban J connectivity index is 1.98. The van der Waals surface area contributed by atoms with E-state index in [1.54, 1.807) is 11.8 Å². The Kier molecular flexibility index (Phi) is 4.44. The minimum atomic E-state index is 0.0339. The highest BCUT2D eigenvalue weighted by Crippen LogP contribution is 2.60. The van der Waals surface area contributed by atoms with Crippen molar-refractivity contribution in [2.45, 2.75) is 41.4 Å². The van der Waals surface area contributed by atoms with E-state index < -0.39 is 0 Å². The average Bonchev–Trinajstić information content (AvgIpc) is 2.48. The van der Waals surface area contributed by atoms with E-state index in [0.29, 0.717) is 10.6 Å². The summed E-state index contributed by atoms with van der Waals surface area (Å²) >= 11 is 9.60. The van der Waals surface area contributed by atoms with Gasteiger partial charge in [0.25, 0.3) is 0 Å². The van der Waals surface area contributed by atoms with Crippen molar-refractivity contribution in [3.8, 4) is 6.07 Å². The molecule has 0 amide bonds. The first kappa shape index (κ1) is 15.1. The lowest BCUT2D eigenvalue weighted by atomic mass is 9.99. The topological polar surface area (TPSA) is 49.8 Å². The van der Waals surface area contributed by atoms with Gasteiger partial charge in [-0.15, -0.1) is 11.8 Å². The Labute approximate surface area is 139 Å². The quantitative estimate of drug-likeness (QED) is 0.764. The molecule has 1 aromatic carbocycles. The third-order valence-corrected chi connectivity index (χ3v) is 7.66. The fourth-order valence-corrected chi connectivity index (χ4v) is 6.64. The zero-order valence-electron chi connectivity index (χ0n) is 11.6. The van der Waals surface area contributed by atoms with Gasteiger partial charge in [-0.2, -0.15) is 5.26 Å². The number of nitriles is 1. The second-order valence-corrected chi connectivity index (χ2v) is 9.12. The van der Waals surface area contributed by atoms with E-state index in [4.69, 9.17) is 17.3 Å². The lowest BCUT2D eigenvalue weighted by Gasteiger charge is -2.42. The Morgan fingerprint density at radius 2 is 1.86 bits per heavy atom. The molecule has 21 heavy (non-hydrogen) atoms. The van der Waals surface area contributed by atoms with E-state index in [0.717, 1.165) is 10.6 Å². The summed E-state index contributed by atoms with van der Waals surface area (Å²) in [6.45, 7) is 0. The molecule has 1 aliphatic carbocycles. The van der Waals surface area contributed by atoms with Crippen molar-refractivity contribution in [3.05, 3.63) is 45.5 Å². The van der Waals surface area contributed by atoms with Gasteiger partial charge in [0.15, 0.2) is 0 Å². The van der Waals surface area contributed by atoms with Gasteiger partial charge >= 0.3 is 0 Å². The van der Waals surface area contributed by atoms with Crippen LogP contribution in [-0.2, 0) is 0 Å². The molecule has 5 heteroatoms. The molecule has 1 fully saturated rings. The van der Waals surface area contributed by atoms with E-state index in [9.17, 15) is 5.26 Å². The van der Waals surface area contributed by atoms with Gasteiger partial charge in [-0.25, -0.2) is 0 Å². The van der Waals surface area contributed by atoms with Gasteiger partial charge in [0.2, 0.25) is 0 Å². The summed E-state index contributed by atoms with van der Waals surface area (Å²) in [4.78, 5) is 0. The molecular formula is C16H17ClN2S2. The first-order valence-corrected chi connectivity index (χ1v) is 9.23. The van der Waals surface area contributed by atoms with Crippen LogP contribution in [0.15, 0.2) is 34.9 Å². The number of halogens is 1. The minimum Gasteiger partial charge on any atom is -0.393 e. The number of nitrogens with two attached hydrogens (primary N) is 1. The molecule has 0 bridgehead atoms. The van der Waals surface area contributed by atoms with Crippen molar-refractivity contribution >= 4 is 35.1 Å². The van der Waals surface area contributed by atoms with Crippen LogP contribution in [0.2, 0.25) is 5.02 Å². The predicted molar refractivity (Wildman–Crippen MR) is 92.0 cm³/mol. The molecule has 0 aromatic heterocycles. The van der Waals surface area contributed by atoms with Crippen molar-refractivity contribution in [3.63, 3.8) is 0 Å². The summed E-state index contributed by atoms with van der Waals surface area (Å²) in [5.41, 5.74) is 8.05. The highest BCUT2D eigenvalue weighted by atomic mass is 35.5. The van der Waals surface area contributed by atoms with E-state index in [1.165, 1.54) is 32.1 Å². The van der Waals surface area contributed by atoms with Gasteiger partial charge in [0, 0.05) is 5.02 Å². The van der Waals surface area contributed by atoms with Gasteiger partial charge < -0.3 is 5.73 Å². The summed E-state index contributed by atoms with van der Waals surface area (Å²) in [5, 5.41) is 11.0. The van der Waals surface area contributed by atoms with Crippen LogP contribution < -0.4 is 5.73 Å². The van der Waals surface area contributed by atoms with Crippen molar-refractivity contribution in [2.24, 2.45) is 5.73 Å². The lowest BCUT2D eigenvalue weighted by Crippen LogP contribution is -2.30. The SMILES string of the molecule is N#CC1=C(N)SC2(CCCCC2)SC1c1ccc(Cl)cc1. The van der Waals surface area contributed by atoms with Crippen LogP contribution in [-0.4, -0.2) is 4.08 Å². The van der Waals surface area contributed by atoms with Crippen molar-refractivity contribution < 1.29 is 0 Å². The van der Waals surface area contributed by atoms with Gasteiger partial charge in [-0.3, -0.25) is 0 Å². The molecule has 0 radical (unpaired) electrons. The maximum atomic E-state index is 9.49. The highest BCUT2D eigenvalue weighted by molar-refractivity contribution is 8.20. The molecule has 1 aliphatic heterocycles. The van der Waals surface area contributed by atoms with Gasteiger partial charge in [-0.1, -0.05) is 54.8 Å². The van der Waals surface area contributed by atoms with Gasteiger partial charge in [-0.05, 0) is 30.5 Å². The first-order chi connectivity index (χ1) is 10.1. The van der Waals surface area contributed by atoms with Crippen LogP contribution in [0.4, 0.5) is 0 Å². The number of benzene rings is 1. The van der Waals surface area contributed by atoms with Crippen molar-refractivity contribution in [2.75, 3.05) is 0 Å². The van der Waals surface area contributed by atoms with Crippen LogP contribution in [0, 0.1) is 11.3 Å². The largest absolute Gasteiger partial charge is 0.393 e. The Hall–Kier alpha value is -0.760. The molecule has 1 atom stereocenters. The van der Waals surface area contributed by atoms with E-state index >= 15 is 0 Å². The second kappa shape index (κ2) is 6.16. The van der Waals surface area contributed by atoms with Crippen LogP contribution in [0.1, 0.15) is 42.9 Å². The molecule has 1 aromatic rings. The van der Waals surface area contributed by atoms with E-state index in [2.05, 4.69) is 6.07 Å². The molecule has 2 N–H and O–H groups in total. The number of hydrogen-bond acceptors (Lipinski definition) is 4. The Morgan fingerprint density at radius 3 is 2.48 bits per heavy atom. The van der Waals surface area contributed by atoms with Crippen LogP contribution in [0.3, 0.4) is 0 Å². The zero-order valence-corrected chi connectivity index (χ0v) is 14.0. The fourth-order valence-electron chi connectivity index (χ4n) is 2.98. The smallest absolute Gasteiger partial charge is 0.0990 e. The summed E-state index contributed by atoms with van der Waals surface area (Å²) < 4.78 is 0.146. The molecule has 1 saturated carbocycles. The van der Waals surface area contributed by atoms with E-state index in [-0.39, 0.29) is 9.33 Å². The Morgan fingerprint density at radius 1 is 1.19 bits per heavy atom. The summed E-state index contributed by atoms with van der Waals surface area (Å²) in [5.74, 6) is 0. The van der Waals surface area contributed by atoms with Gasteiger partial charge in [0.05, 0.1) is 26.0 Å². The van der Waals surface area contributed by atoms with Gasteiger partial charge in [0.1, 0.15) is 0 Å². The number of rotatable bonds is 1. The monoisotopic (exact) mass is 336 g/mol. The summed E-state index contributed by atoms with van der Waals surface area (Å²) in [7, 11) is 0. The molecule has 1 unspecified atom stereocenters. The minimum absolute atomic E-state index is 0.0339. The maximum Gasteiger partial charge on any atom is 0.0990 e. The molecule has 110 valence electrons.